The Bertz CT molecular complexity index is 1160. The molecule has 32 heavy (non-hydrogen) atoms. The van der Waals surface area contributed by atoms with Crippen molar-refractivity contribution in [2.45, 2.75) is 39.7 Å². The van der Waals surface area contributed by atoms with Crippen LogP contribution >= 0.6 is 11.6 Å². The minimum Gasteiger partial charge on any atom is -0.324 e. The van der Waals surface area contributed by atoms with Gasteiger partial charge in [0, 0.05) is 22.7 Å². The molecular formula is C24H24ClN5O2. The van der Waals surface area contributed by atoms with Gasteiger partial charge in [-0.2, -0.15) is 10.4 Å². The first-order chi connectivity index (χ1) is 15.4. The molecule has 0 saturated heterocycles. The molecule has 0 aliphatic rings. The Balaban J connectivity index is 1.64. The van der Waals surface area contributed by atoms with Gasteiger partial charge in [-0.3, -0.25) is 14.3 Å². The van der Waals surface area contributed by atoms with Crippen molar-refractivity contribution >= 4 is 34.8 Å². The number of benzene rings is 2. The first-order valence-electron chi connectivity index (χ1n) is 10.2. The van der Waals surface area contributed by atoms with Crippen molar-refractivity contribution < 1.29 is 9.59 Å². The van der Waals surface area contributed by atoms with Gasteiger partial charge < -0.3 is 10.6 Å². The highest BCUT2D eigenvalue weighted by molar-refractivity contribution is 6.30. The lowest BCUT2D eigenvalue weighted by atomic mass is 10.1. The Morgan fingerprint density at radius 3 is 2.38 bits per heavy atom. The number of rotatable bonds is 8. The smallest absolute Gasteiger partial charge is 0.255 e. The zero-order valence-electron chi connectivity index (χ0n) is 18.0. The largest absolute Gasteiger partial charge is 0.324 e. The molecule has 0 fully saturated rings. The Labute approximate surface area is 192 Å². The Kier molecular flexibility index (Phi) is 7.63. The van der Waals surface area contributed by atoms with Crippen LogP contribution in [0.25, 0.3) is 0 Å². The number of amides is 2. The fourth-order valence-electron chi connectivity index (χ4n) is 3.42. The predicted molar refractivity (Wildman–Crippen MR) is 125 cm³/mol. The first-order valence-corrected chi connectivity index (χ1v) is 10.6. The second-order valence-electron chi connectivity index (χ2n) is 7.34. The molecule has 2 N–H and O–H groups in total. The number of halogens is 1. The van der Waals surface area contributed by atoms with E-state index in [2.05, 4.69) is 21.8 Å². The number of carbonyl (C=O) groups excluding carboxylic acids is 2. The topological polar surface area (TPSA) is 99.8 Å². The second-order valence-corrected chi connectivity index (χ2v) is 7.77. The molecule has 0 aliphatic heterocycles. The predicted octanol–water partition coefficient (Wildman–Crippen LogP) is 4.89. The van der Waals surface area contributed by atoms with Crippen LogP contribution in [0, 0.1) is 25.2 Å². The summed E-state index contributed by atoms with van der Waals surface area (Å²) in [7, 11) is 0. The molecule has 0 unspecified atom stereocenters. The number of nitrogens with one attached hydrogen (secondary N) is 2. The number of nitrogens with zero attached hydrogens (tertiary/aromatic N) is 3. The van der Waals surface area contributed by atoms with Crippen LogP contribution in [0.2, 0.25) is 5.02 Å². The molecule has 3 rings (SSSR count). The molecule has 164 valence electrons. The van der Waals surface area contributed by atoms with Crippen LogP contribution in [-0.2, 0) is 17.8 Å². The van der Waals surface area contributed by atoms with E-state index in [1.165, 1.54) is 0 Å². The molecule has 2 aromatic carbocycles. The molecule has 1 heterocycles. The number of anilines is 2. The highest BCUT2D eigenvalue weighted by Gasteiger charge is 2.15. The first kappa shape index (κ1) is 23.0. The van der Waals surface area contributed by atoms with Gasteiger partial charge in [-0.1, -0.05) is 23.7 Å². The zero-order valence-corrected chi connectivity index (χ0v) is 18.7. The van der Waals surface area contributed by atoms with Crippen molar-refractivity contribution in [3.8, 4) is 6.07 Å². The van der Waals surface area contributed by atoms with Crippen LogP contribution < -0.4 is 10.6 Å². The van der Waals surface area contributed by atoms with Gasteiger partial charge in [-0.05, 0) is 62.2 Å². The summed E-state index contributed by atoms with van der Waals surface area (Å²) < 4.78 is 1.81. The lowest BCUT2D eigenvalue weighted by molar-refractivity contribution is -0.116. The third kappa shape index (κ3) is 5.74. The highest BCUT2D eigenvalue weighted by atomic mass is 35.5. The van der Waals surface area contributed by atoms with Crippen molar-refractivity contribution in [3.05, 3.63) is 76.1 Å². The van der Waals surface area contributed by atoms with Crippen LogP contribution in [0.4, 0.5) is 11.4 Å². The fraction of sp³-hybridized carbons (Fsp3) is 0.250. The van der Waals surface area contributed by atoms with Gasteiger partial charge in [0.05, 0.1) is 36.1 Å². The van der Waals surface area contributed by atoms with Gasteiger partial charge in [-0.15, -0.1) is 0 Å². The molecule has 0 atom stereocenters. The van der Waals surface area contributed by atoms with Crippen LogP contribution in [0.1, 0.15) is 40.2 Å². The van der Waals surface area contributed by atoms with Crippen LogP contribution in [-0.4, -0.2) is 21.6 Å². The third-order valence-corrected chi connectivity index (χ3v) is 5.38. The van der Waals surface area contributed by atoms with Crippen LogP contribution in [0.3, 0.4) is 0 Å². The van der Waals surface area contributed by atoms with E-state index in [0.29, 0.717) is 41.3 Å². The van der Waals surface area contributed by atoms with E-state index < -0.39 is 0 Å². The molecule has 1 aromatic heterocycles. The molecule has 0 spiro atoms. The zero-order chi connectivity index (χ0) is 23.1. The van der Waals surface area contributed by atoms with Gasteiger partial charge in [0.25, 0.3) is 5.91 Å². The standard InChI is InChI=1S/C24H24ClN5O2/c1-16-20(17(2)30(29-16)15-5-14-26)12-13-23(31)27-21-6-3-4-7-22(21)28-24(32)18-8-10-19(25)11-9-18/h3-4,6-11H,5,12-13,15H2,1-2H3,(H,27,31)(H,28,32). The lowest BCUT2D eigenvalue weighted by Crippen LogP contribution is -2.17. The third-order valence-electron chi connectivity index (χ3n) is 5.12. The van der Waals surface area contributed by atoms with E-state index in [0.717, 1.165) is 17.0 Å². The number of carbonyl (C=O) groups is 2. The van der Waals surface area contributed by atoms with Crippen LogP contribution in [0.5, 0.6) is 0 Å². The number of para-hydroxylation sites is 2. The maximum atomic E-state index is 12.6. The summed E-state index contributed by atoms with van der Waals surface area (Å²) in [6, 6.07) is 15.8. The van der Waals surface area contributed by atoms with Gasteiger partial charge in [0.15, 0.2) is 0 Å². The molecular weight excluding hydrogens is 426 g/mol. The maximum Gasteiger partial charge on any atom is 0.255 e. The van der Waals surface area contributed by atoms with Crippen molar-refractivity contribution in [3.63, 3.8) is 0 Å². The molecule has 0 radical (unpaired) electrons. The molecule has 8 heteroatoms. The van der Waals surface area contributed by atoms with E-state index in [9.17, 15) is 9.59 Å². The van der Waals surface area contributed by atoms with Crippen molar-refractivity contribution in [1.82, 2.24) is 9.78 Å². The number of aromatic nitrogens is 2. The Morgan fingerprint density at radius 1 is 1.06 bits per heavy atom. The summed E-state index contributed by atoms with van der Waals surface area (Å²) in [5.41, 5.74) is 4.36. The lowest BCUT2D eigenvalue weighted by Gasteiger charge is -2.12. The summed E-state index contributed by atoms with van der Waals surface area (Å²) in [4.78, 5) is 25.2. The van der Waals surface area contributed by atoms with Gasteiger partial charge >= 0.3 is 0 Å². The van der Waals surface area contributed by atoms with Gasteiger partial charge in [-0.25, -0.2) is 0 Å². The minimum atomic E-state index is -0.292. The SMILES string of the molecule is Cc1nn(CCC#N)c(C)c1CCC(=O)Nc1ccccc1NC(=O)c1ccc(Cl)cc1. The molecule has 0 bridgehead atoms. The quantitative estimate of drug-likeness (QED) is 0.511. The summed E-state index contributed by atoms with van der Waals surface area (Å²) in [6.45, 7) is 4.40. The molecule has 7 nitrogen and oxygen atoms in total. The van der Waals surface area contributed by atoms with Gasteiger partial charge in [0.1, 0.15) is 0 Å². The average Bonchev–Trinajstić information content (AvgIpc) is 3.05. The van der Waals surface area contributed by atoms with E-state index in [1.54, 1.807) is 48.5 Å². The maximum absolute atomic E-state index is 12.6. The van der Waals surface area contributed by atoms with Crippen molar-refractivity contribution in [1.29, 1.82) is 5.26 Å². The Morgan fingerprint density at radius 2 is 1.72 bits per heavy atom. The molecule has 2 amide bonds. The summed E-state index contributed by atoms with van der Waals surface area (Å²) in [5.74, 6) is -0.457. The number of hydrogen-bond donors (Lipinski definition) is 2. The van der Waals surface area contributed by atoms with E-state index in [4.69, 9.17) is 16.9 Å². The Hall–Kier alpha value is -3.63. The number of nitriles is 1. The molecule has 0 aliphatic carbocycles. The summed E-state index contributed by atoms with van der Waals surface area (Å²) in [6.07, 6.45) is 1.20. The minimum absolute atomic E-state index is 0.165. The normalized spacial score (nSPS) is 10.4. The highest BCUT2D eigenvalue weighted by Crippen LogP contribution is 2.23. The summed E-state index contributed by atoms with van der Waals surface area (Å²) in [5, 5.41) is 19.5. The fourth-order valence-corrected chi connectivity index (χ4v) is 3.54. The van der Waals surface area contributed by atoms with Crippen LogP contribution in [0.15, 0.2) is 48.5 Å². The number of aryl methyl sites for hydroxylation is 2. The monoisotopic (exact) mass is 449 g/mol. The van der Waals surface area contributed by atoms with E-state index in [-0.39, 0.29) is 18.2 Å². The second kappa shape index (κ2) is 10.6. The number of hydrogen-bond acceptors (Lipinski definition) is 4. The van der Waals surface area contributed by atoms with E-state index in [1.807, 2.05) is 18.5 Å². The van der Waals surface area contributed by atoms with Crippen molar-refractivity contribution in [2.75, 3.05) is 10.6 Å². The van der Waals surface area contributed by atoms with Crippen molar-refractivity contribution in [2.24, 2.45) is 0 Å². The van der Waals surface area contributed by atoms with E-state index >= 15 is 0 Å². The van der Waals surface area contributed by atoms with Gasteiger partial charge in [0.2, 0.25) is 5.91 Å². The molecule has 0 saturated carbocycles. The summed E-state index contributed by atoms with van der Waals surface area (Å²) >= 11 is 5.88. The average molecular weight is 450 g/mol. The molecule has 3 aromatic rings.